The quantitative estimate of drug-likeness (QED) is 0.796. The minimum atomic E-state index is -2.54. The number of ether oxygens (including phenoxy) is 1. The number of hydrogen-bond acceptors (Lipinski definition) is 3. The zero-order valence-electron chi connectivity index (χ0n) is 11.3. The average molecular weight is 298 g/mol. The van der Waals surface area contributed by atoms with E-state index in [1.807, 2.05) is 6.07 Å². The van der Waals surface area contributed by atoms with Crippen LogP contribution >= 0.6 is 0 Å². The molecule has 1 fully saturated rings. The molecule has 1 N–H and O–H groups in total. The topological polar surface area (TPSA) is 58.6 Å². The highest BCUT2D eigenvalue weighted by Crippen LogP contribution is 2.18. The molecule has 2 rings (SSSR count). The molecule has 114 valence electrons. The van der Waals surface area contributed by atoms with Crippen molar-refractivity contribution in [2.24, 2.45) is 0 Å². The number of nitrogens with zero attached hydrogens (tertiary/aromatic N) is 1. The van der Waals surface area contributed by atoms with Crippen molar-refractivity contribution in [2.75, 3.05) is 26.3 Å². The van der Waals surface area contributed by atoms with E-state index in [-0.39, 0.29) is 31.5 Å². The first-order valence-electron chi connectivity index (χ1n) is 6.57. The van der Waals surface area contributed by atoms with Crippen LogP contribution in [0.15, 0.2) is 30.3 Å². The molecule has 2 amide bonds. The van der Waals surface area contributed by atoms with Crippen molar-refractivity contribution in [3.63, 3.8) is 0 Å². The Balaban J connectivity index is 1.96. The van der Waals surface area contributed by atoms with Gasteiger partial charge in [0.25, 0.3) is 6.43 Å². The molecular weight excluding hydrogens is 282 g/mol. The third-order valence-corrected chi connectivity index (χ3v) is 3.08. The average Bonchev–Trinajstić information content (AvgIpc) is 2.47. The van der Waals surface area contributed by atoms with Crippen LogP contribution in [-0.2, 0) is 14.3 Å². The van der Waals surface area contributed by atoms with Crippen LogP contribution in [0.1, 0.15) is 11.6 Å². The molecule has 0 aliphatic carbocycles. The zero-order valence-corrected chi connectivity index (χ0v) is 11.3. The molecule has 1 saturated heterocycles. The number of benzene rings is 1. The highest BCUT2D eigenvalue weighted by molar-refractivity contribution is 5.95. The number of alkyl halides is 2. The van der Waals surface area contributed by atoms with Crippen molar-refractivity contribution in [3.8, 4) is 0 Å². The fourth-order valence-electron chi connectivity index (χ4n) is 2.11. The van der Waals surface area contributed by atoms with Gasteiger partial charge in [0, 0.05) is 6.54 Å². The number of piperazine rings is 1. The summed E-state index contributed by atoms with van der Waals surface area (Å²) >= 11 is 0. The molecule has 1 unspecified atom stereocenters. The normalized spacial score (nSPS) is 19.0. The first-order chi connectivity index (χ1) is 10.1. The second kappa shape index (κ2) is 7.12. The number of halogens is 2. The Bertz CT molecular complexity index is 496. The summed E-state index contributed by atoms with van der Waals surface area (Å²) in [5, 5.41) is 2.63. The first kappa shape index (κ1) is 15.4. The van der Waals surface area contributed by atoms with Gasteiger partial charge in [-0.1, -0.05) is 30.3 Å². The van der Waals surface area contributed by atoms with E-state index < -0.39 is 19.1 Å². The van der Waals surface area contributed by atoms with Crippen LogP contribution in [-0.4, -0.2) is 49.4 Å². The van der Waals surface area contributed by atoms with E-state index in [0.717, 1.165) is 0 Å². The Labute approximate surface area is 120 Å². The lowest BCUT2D eigenvalue weighted by atomic mass is 10.0. The van der Waals surface area contributed by atoms with Gasteiger partial charge in [-0.05, 0) is 5.56 Å². The van der Waals surface area contributed by atoms with Crippen molar-refractivity contribution in [1.82, 2.24) is 10.2 Å². The lowest BCUT2D eigenvalue weighted by Gasteiger charge is -2.32. The molecule has 1 heterocycles. The third-order valence-electron chi connectivity index (χ3n) is 3.08. The number of hydrogen-bond donors (Lipinski definition) is 1. The van der Waals surface area contributed by atoms with E-state index in [0.29, 0.717) is 5.56 Å². The van der Waals surface area contributed by atoms with E-state index in [1.54, 1.807) is 24.3 Å². The van der Waals surface area contributed by atoms with Crippen LogP contribution in [0, 0.1) is 0 Å². The van der Waals surface area contributed by atoms with Crippen molar-refractivity contribution in [2.45, 2.75) is 12.5 Å². The molecule has 1 aromatic rings. The van der Waals surface area contributed by atoms with Gasteiger partial charge in [-0.2, -0.15) is 0 Å². The van der Waals surface area contributed by atoms with E-state index in [2.05, 4.69) is 5.32 Å². The Morgan fingerprint density at radius 2 is 2.00 bits per heavy atom. The van der Waals surface area contributed by atoms with E-state index >= 15 is 0 Å². The van der Waals surface area contributed by atoms with Gasteiger partial charge in [0.05, 0.1) is 13.2 Å². The van der Waals surface area contributed by atoms with Crippen LogP contribution in [0.25, 0.3) is 0 Å². The lowest BCUT2D eigenvalue weighted by molar-refractivity contribution is -0.145. The molecule has 1 aliphatic rings. The molecule has 1 atom stereocenters. The summed E-state index contributed by atoms with van der Waals surface area (Å²) in [6, 6.07) is 8.13. The highest BCUT2D eigenvalue weighted by atomic mass is 19.3. The molecule has 7 heteroatoms. The molecule has 0 radical (unpaired) electrons. The minimum absolute atomic E-state index is 0.0229. The molecule has 0 saturated carbocycles. The monoisotopic (exact) mass is 298 g/mol. The molecular formula is C14H16F2N2O3. The van der Waals surface area contributed by atoms with Crippen LogP contribution in [0.3, 0.4) is 0 Å². The minimum Gasteiger partial charge on any atom is -0.374 e. The molecule has 0 aromatic heterocycles. The summed E-state index contributed by atoms with van der Waals surface area (Å²) in [6.07, 6.45) is -2.54. The van der Waals surface area contributed by atoms with Crippen LogP contribution in [0.2, 0.25) is 0 Å². The Morgan fingerprint density at radius 3 is 2.67 bits per heavy atom. The Kier molecular flexibility index (Phi) is 5.21. The number of carbonyl (C=O) groups excluding carboxylic acids is 2. The standard InChI is InChI=1S/C14H16F2N2O3/c15-11(16)9-21-7-6-18-8-12(19)17-13(14(18)20)10-4-2-1-3-5-10/h1-5,11,13H,6-9H2,(H,17,19). The predicted molar refractivity (Wildman–Crippen MR) is 70.7 cm³/mol. The number of rotatable bonds is 6. The molecule has 0 spiro atoms. The SMILES string of the molecule is O=C1CN(CCOCC(F)F)C(=O)C(c2ccccc2)N1. The van der Waals surface area contributed by atoms with Gasteiger partial charge in [-0.15, -0.1) is 0 Å². The summed E-state index contributed by atoms with van der Waals surface area (Å²) in [7, 11) is 0. The van der Waals surface area contributed by atoms with Crippen LogP contribution < -0.4 is 5.32 Å². The van der Waals surface area contributed by atoms with Crippen LogP contribution in [0.4, 0.5) is 8.78 Å². The second-order valence-electron chi connectivity index (χ2n) is 4.64. The number of amides is 2. The van der Waals surface area contributed by atoms with Crippen molar-refractivity contribution in [1.29, 1.82) is 0 Å². The van der Waals surface area contributed by atoms with Crippen molar-refractivity contribution in [3.05, 3.63) is 35.9 Å². The summed E-state index contributed by atoms with van der Waals surface area (Å²) in [5.74, 6) is -0.543. The lowest BCUT2D eigenvalue weighted by Crippen LogP contribution is -2.54. The van der Waals surface area contributed by atoms with Gasteiger partial charge in [-0.3, -0.25) is 9.59 Å². The maximum absolute atomic E-state index is 12.3. The fraction of sp³-hybridized carbons (Fsp3) is 0.429. The van der Waals surface area contributed by atoms with Crippen molar-refractivity contribution >= 4 is 11.8 Å². The number of carbonyl (C=O) groups is 2. The summed E-state index contributed by atoms with van der Waals surface area (Å²) in [5.41, 5.74) is 0.689. The van der Waals surface area contributed by atoms with E-state index in [4.69, 9.17) is 4.74 Å². The van der Waals surface area contributed by atoms with Gasteiger partial charge >= 0.3 is 0 Å². The Morgan fingerprint density at radius 1 is 1.29 bits per heavy atom. The smallest absolute Gasteiger partial charge is 0.261 e. The van der Waals surface area contributed by atoms with E-state index in [9.17, 15) is 18.4 Å². The van der Waals surface area contributed by atoms with Gasteiger partial charge in [0.2, 0.25) is 11.8 Å². The summed E-state index contributed by atoms with van der Waals surface area (Å²) in [4.78, 5) is 25.3. The largest absolute Gasteiger partial charge is 0.374 e. The van der Waals surface area contributed by atoms with Crippen LogP contribution in [0.5, 0.6) is 0 Å². The van der Waals surface area contributed by atoms with Gasteiger partial charge in [0.1, 0.15) is 12.6 Å². The molecule has 0 bridgehead atoms. The van der Waals surface area contributed by atoms with Gasteiger partial charge in [0.15, 0.2) is 0 Å². The van der Waals surface area contributed by atoms with Gasteiger partial charge in [-0.25, -0.2) is 8.78 Å². The Hall–Kier alpha value is -2.02. The predicted octanol–water partition coefficient (Wildman–Crippen LogP) is 0.968. The third kappa shape index (κ3) is 4.22. The maximum Gasteiger partial charge on any atom is 0.261 e. The number of nitrogens with one attached hydrogen (secondary N) is 1. The summed E-state index contributed by atoms with van der Waals surface area (Å²) < 4.78 is 28.7. The summed E-state index contributed by atoms with van der Waals surface area (Å²) in [6.45, 7) is -0.663. The zero-order chi connectivity index (χ0) is 15.2. The molecule has 21 heavy (non-hydrogen) atoms. The molecule has 1 aromatic carbocycles. The maximum atomic E-state index is 12.3. The molecule has 5 nitrogen and oxygen atoms in total. The highest BCUT2D eigenvalue weighted by Gasteiger charge is 2.33. The fourth-order valence-corrected chi connectivity index (χ4v) is 2.11. The van der Waals surface area contributed by atoms with Crippen molar-refractivity contribution < 1.29 is 23.1 Å². The molecule has 1 aliphatic heterocycles. The van der Waals surface area contributed by atoms with E-state index in [1.165, 1.54) is 4.90 Å². The second-order valence-corrected chi connectivity index (χ2v) is 4.64. The van der Waals surface area contributed by atoms with Gasteiger partial charge < -0.3 is 15.0 Å². The first-order valence-corrected chi connectivity index (χ1v) is 6.57.